The second-order valence-corrected chi connectivity index (χ2v) is 5.24. The molecule has 0 aliphatic carbocycles. The van der Waals surface area contributed by atoms with Crippen LogP contribution in [-0.2, 0) is 0 Å². The number of carbonyl (C=O) groups is 1. The van der Waals surface area contributed by atoms with Gasteiger partial charge in [-0.25, -0.2) is 9.78 Å². The van der Waals surface area contributed by atoms with Gasteiger partial charge in [0.25, 0.3) is 5.56 Å². The van der Waals surface area contributed by atoms with Crippen LogP contribution in [0.25, 0.3) is 16.6 Å². The van der Waals surface area contributed by atoms with Crippen molar-refractivity contribution < 1.29 is 9.90 Å². The molecule has 116 valence electrons. The standard InChI is InChI=1S/C13H7IN2O3.C2H6.CH4/c14-7-3-4-10-9(6-7)12(17)16-5-1-2-8(13(18)19)11(16)15-10;1-2;/h1-6H,(H,18,19);1-2H3;1H4. The van der Waals surface area contributed by atoms with Crippen molar-refractivity contribution in [2.24, 2.45) is 0 Å². The molecule has 22 heavy (non-hydrogen) atoms. The first-order valence-corrected chi connectivity index (χ1v) is 7.50. The van der Waals surface area contributed by atoms with Gasteiger partial charge in [-0.15, -0.1) is 0 Å². The zero-order valence-corrected chi connectivity index (χ0v) is 13.7. The fraction of sp³-hybridized carbons (Fsp3) is 0.188. The number of rotatable bonds is 1. The Bertz CT molecular complexity index is 888. The average Bonchev–Trinajstić information content (AvgIpc) is 2.50. The first kappa shape index (κ1) is 18.1. The number of aromatic nitrogens is 2. The van der Waals surface area contributed by atoms with Gasteiger partial charge in [0.1, 0.15) is 5.56 Å². The highest BCUT2D eigenvalue weighted by molar-refractivity contribution is 14.1. The van der Waals surface area contributed by atoms with Crippen LogP contribution in [0.2, 0.25) is 0 Å². The molecule has 0 unspecified atom stereocenters. The van der Waals surface area contributed by atoms with Gasteiger partial charge in [-0.2, -0.15) is 0 Å². The molecule has 1 aromatic carbocycles. The van der Waals surface area contributed by atoms with E-state index in [0.717, 1.165) is 3.57 Å². The van der Waals surface area contributed by atoms with Crippen LogP contribution in [0.3, 0.4) is 0 Å². The van der Waals surface area contributed by atoms with Gasteiger partial charge < -0.3 is 5.11 Å². The molecule has 2 heterocycles. The third kappa shape index (κ3) is 3.11. The van der Waals surface area contributed by atoms with E-state index in [0.29, 0.717) is 10.9 Å². The Morgan fingerprint density at radius 1 is 1.27 bits per heavy atom. The molecule has 0 fully saturated rings. The normalized spacial score (nSPS) is 9.77. The Balaban J connectivity index is 0.000000775. The van der Waals surface area contributed by atoms with Crippen molar-refractivity contribution in [1.29, 1.82) is 0 Å². The van der Waals surface area contributed by atoms with Gasteiger partial charge in [0.2, 0.25) is 0 Å². The Morgan fingerprint density at radius 2 is 1.95 bits per heavy atom. The highest BCUT2D eigenvalue weighted by atomic mass is 127. The number of halogens is 1. The zero-order chi connectivity index (χ0) is 15.6. The van der Waals surface area contributed by atoms with Crippen LogP contribution < -0.4 is 5.56 Å². The lowest BCUT2D eigenvalue weighted by Gasteiger charge is -2.05. The van der Waals surface area contributed by atoms with Gasteiger partial charge in [0.05, 0.1) is 10.9 Å². The average molecular weight is 412 g/mol. The summed E-state index contributed by atoms with van der Waals surface area (Å²) in [6.07, 6.45) is 1.52. The Labute approximate surface area is 141 Å². The molecule has 3 rings (SSSR count). The number of carboxylic acid groups (broad SMARTS) is 1. The van der Waals surface area contributed by atoms with Crippen LogP contribution in [0.5, 0.6) is 0 Å². The molecule has 0 radical (unpaired) electrons. The molecule has 2 aromatic heterocycles. The molecule has 6 heteroatoms. The molecular formula is C16H17IN2O3. The van der Waals surface area contributed by atoms with Crippen molar-refractivity contribution in [3.63, 3.8) is 0 Å². The Kier molecular flexibility index (Phi) is 6.04. The summed E-state index contributed by atoms with van der Waals surface area (Å²) in [5.74, 6) is -1.10. The van der Waals surface area contributed by atoms with Crippen LogP contribution in [-0.4, -0.2) is 20.5 Å². The van der Waals surface area contributed by atoms with Gasteiger partial charge in [0.15, 0.2) is 5.65 Å². The third-order valence-electron chi connectivity index (χ3n) is 2.83. The third-order valence-corrected chi connectivity index (χ3v) is 3.50. The fourth-order valence-electron chi connectivity index (χ4n) is 1.97. The molecule has 0 saturated heterocycles. The van der Waals surface area contributed by atoms with Crippen LogP contribution in [0.4, 0.5) is 0 Å². The van der Waals surface area contributed by atoms with E-state index in [1.54, 1.807) is 12.1 Å². The van der Waals surface area contributed by atoms with Crippen LogP contribution in [0.15, 0.2) is 41.3 Å². The monoisotopic (exact) mass is 412 g/mol. The number of carboxylic acids is 1. The first-order chi connectivity index (χ1) is 10.1. The van der Waals surface area contributed by atoms with E-state index in [1.807, 2.05) is 19.9 Å². The van der Waals surface area contributed by atoms with Crippen LogP contribution in [0, 0.1) is 3.57 Å². The van der Waals surface area contributed by atoms with E-state index < -0.39 is 5.97 Å². The summed E-state index contributed by atoms with van der Waals surface area (Å²) in [7, 11) is 0. The summed E-state index contributed by atoms with van der Waals surface area (Å²) in [5.41, 5.74) is 0.412. The second-order valence-electron chi connectivity index (χ2n) is 4.00. The highest BCUT2D eigenvalue weighted by Gasteiger charge is 2.13. The summed E-state index contributed by atoms with van der Waals surface area (Å²) < 4.78 is 2.19. The van der Waals surface area contributed by atoms with E-state index in [2.05, 4.69) is 27.6 Å². The highest BCUT2D eigenvalue weighted by Crippen LogP contribution is 2.15. The summed E-state index contributed by atoms with van der Waals surface area (Å²) in [6.45, 7) is 4.00. The maximum Gasteiger partial charge on any atom is 0.339 e. The molecule has 0 atom stereocenters. The Morgan fingerprint density at radius 3 is 2.59 bits per heavy atom. The number of hydrogen-bond acceptors (Lipinski definition) is 3. The van der Waals surface area contributed by atoms with Gasteiger partial charge in [-0.3, -0.25) is 9.20 Å². The van der Waals surface area contributed by atoms with Crippen molar-refractivity contribution in [2.45, 2.75) is 21.3 Å². The molecule has 0 spiro atoms. The van der Waals surface area contributed by atoms with Crippen molar-refractivity contribution in [2.75, 3.05) is 0 Å². The van der Waals surface area contributed by atoms with Crippen molar-refractivity contribution in [1.82, 2.24) is 9.38 Å². The van der Waals surface area contributed by atoms with E-state index in [9.17, 15) is 9.59 Å². The lowest BCUT2D eigenvalue weighted by molar-refractivity contribution is 0.0698. The quantitative estimate of drug-likeness (QED) is 0.488. The van der Waals surface area contributed by atoms with E-state index in [4.69, 9.17) is 5.11 Å². The maximum atomic E-state index is 12.3. The van der Waals surface area contributed by atoms with Gasteiger partial charge in [-0.1, -0.05) is 21.3 Å². The number of benzene rings is 1. The summed E-state index contributed by atoms with van der Waals surface area (Å²) in [4.78, 5) is 27.8. The maximum absolute atomic E-state index is 12.3. The largest absolute Gasteiger partial charge is 0.478 e. The van der Waals surface area contributed by atoms with Gasteiger partial charge in [-0.05, 0) is 52.9 Å². The Hall–Kier alpha value is -1.96. The molecule has 1 N–H and O–H groups in total. The van der Waals surface area contributed by atoms with Gasteiger partial charge in [0, 0.05) is 9.77 Å². The minimum Gasteiger partial charge on any atom is -0.478 e. The molecule has 0 amide bonds. The molecule has 0 bridgehead atoms. The summed E-state index contributed by atoms with van der Waals surface area (Å²) in [6, 6.07) is 8.25. The SMILES string of the molecule is C.CC.O=C(O)c1cccn2c(=O)c3cc(I)ccc3nc12. The smallest absolute Gasteiger partial charge is 0.339 e. The minimum absolute atomic E-state index is 0. The minimum atomic E-state index is -1.10. The number of pyridine rings is 1. The lowest BCUT2D eigenvalue weighted by atomic mass is 10.2. The molecule has 0 saturated carbocycles. The van der Waals surface area contributed by atoms with Crippen LogP contribution in [0.1, 0.15) is 31.6 Å². The predicted octanol–water partition coefficient (Wildman–Crippen LogP) is 3.81. The number of hydrogen-bond donors (Lipinski definition) is 1. The fourth-order valence-corrected chi connectivity index (χ4v) is 2.46. The molecule has 3 aromatic rings. The molecule has 0 aliphatic rings. The van der Waals surface area contributed by atoms with E-state index in [-0.39, 0.29) is 24.2 Å². The van der Waals surface area contributed by atoms with Crippen LogP contribution >= 0.6 is 22.6 Å². The summed E-state index contributed by atoms with van der Waals surface area (Å²) >= 11 is 2.12. The molecular weight excluding hydrogens is 395 g/mol. The second kappa shape index (κ2) is 7.35. The number of aromatic carboxylic acids is 1. The number of fused-ring (bicyclic) bond motifs is 2. The topological polar surface area (TPSA) is 71.7 Å². The summed E-state index contributed by atoms with van der Waals surface area (Å²) in [5, 5.41) is 9.61. The van der Waals surface area contributed by atoms with Crippen molar-refractivity contribution in [3.05, 3.63) is 56.0 Å². The van der Waals surface area contributed by atoms with E-state index in [1.165, 1.54) is 22.7 Å². The molecule has 5 nitrogen and oxygen atoms in total. The molecule has 0 aliphatic heterocycles. The lowest BCUT2D eigenvalue weighted by Crippen LogP contribution is -2.17. The first-order valence-electron chi connectivity index (χ1n) is 6.42. The van der Waals surface area contributed by atoms with Crippen molar-refractivity contribution >= 4 is 45.1 Å². The predicted molar refractivity (Wildman–Crippen MR) is 96.7 cm³/mol. The number of nitrogens with zero attached hydrogens (tertiary/aromatic N) is 2. The van der Waals surface area contributed by atoms with E-state index >= 15 is 0 Å². The zero-order valence-electron chi connectivity index (χ0n) is 11.5. The van der Waals surface area contributed by atoms with Gasteiger partial charge >= 0.3 is 5.97 Å². The van der Waals surface area contributed by atoms with Crippen molar-refractivity contribution in [3.8, 4) is 0 Å².